The maximum Gasteiger partial charge on any atom is 0.296 e. The van der Waals surface area contributed by atoms with Gasteiger partial charge < -0.3 is 5.73 Å². The lowest BCUT2D eigenvalue weighted by molar-refractivity contribution is 0.481. The Morgan fingerprint density at radius 2 is 1.17 bits per heavy atom. The quantitative estimate of drug-likeness (QED) is 0.167. The lowest BCUT2D eigenvalue weighted by Crippen LogP contribution is -1.98. The van der Waals surface area contributed by atoms with E-state index in [9.17, 15) is 21.4 Å². The highest BCUT2D eigenvalue weighted by molar-refractivity contribution is 7.86. The third-order valence-corrected chi connectivity index (χ3v) is 6.59. The van der Waals surface area contributed by atoms with Crippen molar-refractivity contribution in [2.75, 3.05) is 5.73 Å². The minimum absolute atomic E-state index is 0.0772. The Labute approximate surface area is 200 Å². The van der Waals surface area contributed by atoms with Crippen LogP contribution in [0.3, 0.4) is 0 Å². The zero-order valence-electron chi connectivity index (χ0n) is 17.7. The highest BCUT2D eigenvalue weighted by Gasteiger charge is 2.17. The molecule has 0 heterocycles. The molecule has 35 heavy (non-hydrogen) atoms. The molecular weight excluding hydrogens is 494 g/mol. The van der Waals surface area contributed by atoms with Crippen molar-refractivity contribution in [1.29, 1.82) is 0 Å². The molecule has 0 aromatic heterocycles. The number of fused-ring (bicyclic) bond motifs is 1. The summed E-state index contributed by atoms with van der Waals surface area (Å²) >= 11 is 0. The Kier molecular flexibility index (Phi) is 6.41. The first-order valence-electron chi connectivity index (χ1n) is 9.82. The van der Waals surface area contributed by atoms with E-state index < -0.39 is 25.1 Å². The molecule has 0 saturated carbocycles. The Morgan fingerprint density at radius 3 is 1.83 bits per heavy atom. The van der Waals surface area contributed by atoms with Crippen molar-refractivity contribution < 1.29 is 25.9 Å². The van der Waals surface area contributed by atoms with Crippen LogP contribution >= 0.6 is 0 Å². The topological polar surface area (TPSA) is 184 Å². The Balaban J connectivity index is 1.67. The van der Waals surface area contributed by atoms with Crippen LogP contribution in [-0.2, 0) is 20.2 Å². The second-order valence-corrected chi connectivity index (χ2v) is 10.0. The van der Waals surface area contributed by atoms with Gasteiger partial charge in [-0.3, -0.25) is 9.11 Å². The van der Waals surface area contributed by atoms with Crippen LogP contribution in [0.2, 0.25) is 0 Å². The van der Waals surface area contributed by atoms with Crippen molar-refractivity contribution in [2.45, 2.75) is 9.79 Å². The molecule has 0 bridgehead atoms. The van der Waals surface area contributed by atoms with Crippen molar-refractivity contribution in [3.8, 4) is 0 Å². The first-order chi connectivity index (χ1) is 16.5. The third-order valence-electron chi connectivity index (χ3n) is 4.84. The predicted octanol–water partition coefficient (Wildman–Crippen LogP) is 5.75. The number of hydrogen-bond donors (Lipinski definition) is 3. The number of anilines is 1. The van der Waals surface area contributed by atoms with Crippen LogP contribution in [0.1, 0.15) is 0 Å². The monoisotopic (exact) mass is 511 g/mol. The van der Waals surface area contributed by atoms with E-state index in [4.69, 9.17) is 10.3 Å². The Hall–Kier alpha value is -4.04. The van der Waals surface area contributed by atoms with Gasteiger partial charge in [0.25, 0.3) is 20.2 Å². The average Bonchev–Trinajstić information content (AvgIpc) is 2.82. The molecule has 0 fully saturated rings. The van der Waals surface area contributed by atoms with Crippen molar-refractivity contribution >= 4 is 59.4 Å². The molecule has 13 heteroatoms. The van der Waals surface area contributed by atoms with E-state index in [1.807, 2.05) is 12.1 Å². The van der Waals surface area contributed by atoms with E-state index in [0.717, 1.165) is 29.0 Å². The zero-order chi connectivity index (χ0) is 25.2. The van der Waals surface area contributed by atoms with Crippen LogP contribution < -0.4 is 5.73 Å². The molecule has 4 rings (SSSR count). The lowest BCUT2D eigenvalue weighted by atomic mass is 10.1. The van der Waals surface area contributed by atoms with Crippen LogP contribution in [0.4, 0.5) is 28.4 Å². The SMILES string of the molecule is Nc1ccc(/N=N/c2ccc(/N=N/c3ccc(S(=O)(=O)O)cc3)cc2S(=O)(=O)O)c2ccccc12. The number of nitrogens with zero attached hydrogens (tertiary/aromatic N) is 4. The number of nitrogen functional groups attached to an aromatic ring is 1. The number of rotatable bonds is 6. The second kappa shape index (κ2) is 9.31. The summed E-state index contributed by atoms with van der Waals surface area (Å²) in [5.41, 5.74) is 7.19. The van der Waals surface area contributed by atoms with Crippen LogP contribution in [-0.4, -0.2) is 25.9 Å². The molecule has 178 valence electrons. The smallest absolute Gasteiger partial charge is 0.296 e. The Bertz CT molecular complexity index is 1700. The van der Waals surface area contributed by atoms with Gasteiger partial charge in [0.05, 0.1) is 22.0 Å². The van der Waals surface area contributed by atoms with Gasteiger partial charge in [0.15, 0.2) is 0 Å². The van der Waals surface area contributed by atoms with E-state index in [0.29, 0.717) is 11.4 Å². The first-order valence-corrected chi connectivity index (χ1v) is 12.7. The fourth-order valence-corrected chi connectivity index (χ4v) is 4.28. The molecule has 0 amide bonds. The van der Waals surface area contributed by atoms with E-state index in [1.165, 1.54) is 24.3 Å². The maximum atomic E-state index is 12.0. The van der Waals surface area contributed by atoms with Gasteiger partial charge in [-0.1, -0.05) is 24.3 Å². The number of azo groups is 2. The number of hydrogen-bond acceptors (Lipinski definition) is 9. The van der Waals surface area contributed by atoms with Gasteiger partial charge in [-0.2, -0.15) is 27.1 Å². The van der Waals surface area contributed by atoms with Gasteiger partial charge in [0.2, 0.25) is 0 Å². The predicted molar refractivity (Wildman–Crippen MR) is 129 cm³/mol. The van der Waals surface area contributed by atoms with E-state index >= 15 is 0 Å². The molecule has 0 aliphatic rings. The highest BCUT2D eigenvalue weighted by Crippen LogP contribution is 2.34. The third kappa shape index (κ3) is 5.55. The van der Waals surface area contributed by atoms with Crippen LogP contribution in [0.25, 0.3) is 10.8 Å². The largest absolute Gasteiger partial charge is 0.398 e. The summed E-state index contributed by atoms with van der Waals surface area (Å²) in [6.45, 7) is 0. The summed E-state index contributed by atoms with van der Waals surface area (Å²) in [6, 6.07) is 19.2. The molecule has 4 aromatic carbocycles. The van der Waals surface area contributed by atoms with E-state index in [1.54, 1.807) is 24.3 Å². The van der Waals surface area contributed by atoms with Crippen LogP contribution in [0, 0.1) is 0 Å². The number of nitrogens with two attached hydrogens (primary N) is 1. The van der Waals surface area contributed by atoms with Gasteiger partial charge >= 0.3 is 0 Å². The Morgan fingerprint density at radius 1 is 0.600 bits per heavy atom. The standard InChI is InChI=1S/C22H17N5O6S2/c23-19-10-12-20(18-4-2-1-3-17(18)19)26-27-21-11-7-15(13-22(21)35(31,32)33)25-24-14-5-8-16(9-6-14)34(28,29)30/h1-13H,23H2,(H,28,29,30)(H,31,32,33)/b25-24+,27-26+. The first kappa shape index (κ1) is 24.1. The fourth-order valence-electron chi connectivity index (χ4n) is 3.16. The molecule has 0 aliphatic carbocycles. The molecule has 4 N–H and O–H groups in total. The summed E-state index contributed by atoms with van der Waals surface area (Å²) in [7, 11) is -9.03. The summed E-state index contributed by atoms with van der Waals surface area (Å²) in [4.78, 5) is -0.840. The summed E-state index contributed by atoms with van der Waals surface area (Å²) < 4.78 is 64.9. The highest BCUT2D eigenvalue weighted by atomic mass is 32.2. The second-order valence-electron chi connectivity index (χ2n) is 7.22. The van der Waals surface area contributed by atoms with E-state index in [-0.39, 0.29) is 22.0 Å². The molecule has 0 atom stereocenters. The van der Waals surface area contributed by atoms with Crippen LogP contribution in [0.5, 0.6) is 0 Å². The normalized spacial score (nSPS) is 12.6. The average molecular weight is 512 g/mol. The van der Waals surface area contributed by atoms with Gasteiger partial charge in [-0.15, -0.1) is 10.2 Å². The summed E-state index contributed by atoms with van der Waals surface area (Å²) in [5, 5.41) is 17.4. The number of benzene rings is 4. The molecule has 0 saturated heterocycles. The molecule has 0 aliphatic heterocycles. The minimum Gasteiger partial charge on any atom is -0.398 e. The van der Waals surface area contributed by atoms with Crippen LogP contribution in [0.15, 0.2) is 109 Å². The molecule has 11 nitrogen and oxygen atoms in total. The van der Waals surface area contributed by atoms with Crippen molar-refractivity contribution in [3.05, 3.63) is 78.9 Å². The van der Waals surface area contributed by atoms with Gasteiger partial charge in [-0.25, -0.2) is 0 Å². The maximum absolute atomic E-state index is 12.0. The molecule has 4 aromatic rings. The molecule has 0 radical (unpaired) electrons. The summed E-state index contributed by atoms with van der Waals surface area (Å²) in [5.74, 6) is 0. The van der Waals surface area contributed by atoms with Gasteiger partial charge in [0.1, 0.15) is 10.6 Å². The van der Waals surface area contributed by atoms with Crippen molar-refractivity contribution in [1.82, 2.24) is 0 Å². The van der Waals surface area contributed by atoms with E-state index in [2.05, 4.69) is 20.5 Å². The van der Waals surface area contributed by atoms with Crippen molar-refractivity contribution in [3.63, 3.8) is 0 Å². The molecule has 0 unspecified atom stereocenters. The zero-order valence-corrected chi connectivity index (χ0v) is 19.3. The fraction of sp³-hybridized carbons (Fsp3) is 0. The lowest BCUT2D eigenvalue weighted by Gasteiger charge is -2.05. The van der Waals surface area contributed by atoms with Crippen molar-refractivity contribution in [2.24, 2.45) is 20.5 Å². The summed E-state index contributed by atoms with van der Waals surface area (Å²) in [6.07, 6.45) is 0. The minimum atomic E-state index is -4.68. The van der Waals surface area contributed by atoms with Gasteiger partial charge in [0, 0.05) is 16.5 Å². The molecular formula is C22H17N5O6S2. The van der Waals surface area contributed by atoms with Gasteiger partial charge in [-0.05, 0) is 54.6 Å². The molecule has 0 spiro atoms.